The van der Waals surface area contributed by atoms with Gasteiger partial charge >= 0.3 is 0 Å². The van der Waals surface area contributed by atoms with Gasteiger partial charge in [0.2, 0.25) is 0 Å². The Balaban J connectivity index is 2.19. The Labute approximate surface area is 90.5 Å². The molecule has 0 saturated heterocycles. The predicted octanol–water partition coefficient (Wildman–Crippen LogP) is 4.89. The van der Waals surface area contributed by atoms with Crippen molar-refractivity contribution in [2.24, 2.45) is 23.7 Å². The van der Waals surface area contributed by atoms with E-state index in [-0.39, 0.29) is 0 Å². The van der Waals surface area contributed by atoms with E-state index in [0.717, 1.165) is 23.7 Å². The van der Waals surface area contributed by atoms with E-state index >= 15 is 0 Å². The van der Waals surface area contributed by atoms with E-state index in [1.54, 1.807) is 0 Å². The molecule has 1 rings (SSSR count). The lowest BCUT2D eigenvalue weighted by Crippen LogP contribution is -2.35. The van der Waals surface area contributed by atoms with Crippen molar-refractivity contribution in [3.63, 3.8) is 0 Å². The highest BCUT2D eigenvalue weighted by molar-refractivity contribution is 4.86. The van der Waals surface area contributed by atoms with E-state index in [2.05, 4.69) is 27.7 Å². The average Bonchev–Trinajstić information content (AvgIpc) is 2.13. The normalized spacial score (nSPS) is 31.9. The summed E-state index contributed by atoms with van der Waals surface area (Å²) in [6.07, 6.45) is 8.79. The van der Waals surface area contributed by atoms with Gasteiger partial charge in [0, 0.05) is 0 Å². The summed E-state index contributed by atoms with van der Waals surface area (Å²) in [6.45, 7) is 9.49. The summed E-state index contributed by atoms with van der Waals surface area (Å²) >= 11 is 0. The Kier molecular flexibility index (Phi) is 4.98. The van der Waals surface area contributed by atoms with E-state index in [9.17, 15) is 0 Å². The van der Waals surface area contributed by atoms with Crippen LogP contribution in [0.1, 0.15) is 66.2 Å². The molecule has 0 amide bonds. The van der Waals surface area contributed by atoms with Crippen LogP contribution in [0.25, 0.3) is 0 Å². The van der Waals surface area contributed by atoms with Crippen molar-refractivity contribution in [1.29, 1.82) is 0 Å². The fourth-order valence-corrected chi connectivity index (χ4v) is 3.05. The highest BCUT2D eigenvalue weighted by atomic mass is 14.4. The third-order valence-electron chi connectivity index (χ3n) is 3.93. The van der Waals surface area contributed by atoms with Crippen LogP contribution in [0.3, 0.4) is 0 Å². The van der Waals surface area contributed by atoms with Gasteiger partial charge in [-0.25, -0.2) is 0 Å². The number of rotatable bonds is 6. The maximum absolute atomic E-state index is 2.45. The van der Waals surface area contributed by atoms with E-state index in [4.69, 9.17) is 0 Å². The minimum absolute atomic E-state index is 0.899. The first kappa shape index (κ1) is 12.1. The third-order valence-corrected chi connectivity index (χ3v) is 3.93. The molecule has 84 valence electrons. The molecule has 1 aliphatic rings. The van der Waals surface area contributed by atoms with Gasteiger partial charge in [-0.1, -0.05) is 53.4 Å². The zero-order valence-corrected chi connectivity index (χ0v) is 10.6. The van der Waals surface area contributed by atoms with Crippen molar-refractivity contribution in [3.8, 4) is 0 Å². The maximum Gasteiger partial charge on any atom is -0.0357 e. The summed E-state index contributed by atoms with van der Waals surface area (Å²) in [5.74, 6) is 4.06. The summed E-state index contributed by atoms with van der Waals surface area (Å²) < 4.78 is 0. The lowest BCUT2D eigenvalue weighted by Gasteiger charge is -2.44. The standard InChI is InChI=1S/C14H28/c1-5-6-7-8-13-10-12(4)14(13)9-11(2)3/h11-14H,5-10H2,1-4H3. The van der Waals surface area contributed by atoms with Crippen LogP contribution in [0, 0.1) is 23.7 Å². The molecule has 0 spiro atoms. The molecule has 0 N–H and O–H groups in total. The van der Waals surface area contributed by atoms with Gasteiger partial charge in [-0.2, -0.15) is 0 Å². The van der Waals surface area contributed by atoms with Crippen LogP contribution >= 0.6 is 0 Å². The molecule has 0 aromatic carbocycles. The molecule has 0 bridgehead atoms. The van der Waals surface area contributed by atoms with Crippen LogP contribution in [0.4, 0.5) is 0 Å². The summed E-state index contributed by atoms with van der Waals surface area (Å²) in [7, 11) is 0. The molecule has 0 aromatic heterocycles. The van der Waals surface area contributed by atoms with Gasteiger partial charge in [0.15, 0.2) is 0 Å². The highest BCUT2D eigenvalue weighted by Crippen LogP contribution is 2.46. The van der Waals surface area contributed by atoms with Crippen molar-refractivity contribution in [1.82, 2.24) is 0 Å². The third kappa shape index (κ3) is 3.29. The van der Waals surface area contributed by atoms with Crippen molar-refractivity contribution in [2.45, 2.75) is 66.2 Å². The van der Waals surface area contributed by atoms with Gasteiger partial charge in [0.05, 0.1) is 0 Å². The topological polar surface area (TPSA) is 0 Å². The lowest BCUT2D eigenvalue weighted by molar-refractivity contribution is 0.0565. The molecule has 1 aliphatic carbocycles. The summed E-state index contributed by atoms with van der Waals surface area (Å²) in [5.41, 5.74) is 0. The Bertz CT molecular complexity index is 148. The van der Waals surface area contributed by atoms with Gasteiger partial charge in [-0.3, -0.25) is 0 Å². The van der Waals surface area contributed by atoms with E-state index in [0.29, 0.717) is 0 Å². The maximum atomic E-state index is 2.45. The molecule has 0 radical (unpaired) electrons. The largest absolute Gasteiger partial charge is 0.0654 e. The van der Waals surface area contributed by atoms with Crippen LogP contribution in [-0.2, 0) is 0 Å². The summed E-state index contributed by atoms with van der Waals surface area (Å²) in [6, 6.07) is 0. The first-order chi connectivity index (χ1) is 6.65. The molecule has 1 saturated carbocycles. The van der Waals surface area contributed by atoms with Gasteiger partial charge < -0.3 is 0 Å². The van der Waals surface area contributed by atoms with Gasteiger partial charge in [0.1, 0.15) is 0 Å². The SMILES string of the molecule is CCCCCC1CC(C)C1CC(C)C. The fourth-order valence-electron chi connectivity index (χ4n) is 3.05. The quantitative estimate of drug-likeness (QED) is 0.531. The van der Waals surface area contributed by atoms with Crippen molar-refractivity contribution < 1.29 is 0 Å². The Morgan fingerprint density at radius 2 is 1.93 bits per heavy atom. The van der Waals surface area contributed by atoms with E-state index in [1.807, 2.05) is 0 Å². The molecule has 0 nitrogen and oxygen atoms in total. The predicted molar refractivity (Wildman–Crippen MR) is 64.4 cm³/mol. The van der Waals surface area contributed by atoms with Crippen molar-refractivity contribution in [2.75, 3.05) is 0 Å². The average molecular weight is 196 g/mol. The summed E-state index contributed by atoms with van der Waals surface area (Å²) in [5, 5.41) is 0. The minimum Gasteiger partial charge on any atom is -0.0654 e. The minimum atomic E-state index is 0.899. The number of hydrogen-bond donors (Lipinski definition) is 0. The van der Waals surface area contributed by atoms with Crippen LogP contribution in [0.15, 0.2) is 0 Å². The lowest BCUT2D eigenvalue weighted by atomic mass is 9.61. The van der Waals surface area contributed by atoms with E-state index < -0.39 is 0 Å². The van der Waals surface area contributed by atoms with Crippen LogP contribution < -0.4 is 0 Å². The first-order valence-corrected chi connectivity index (χ1v) is 6.65. The molecule has 0 heterocycles. The molecule has 3 unspecified atom stereocenters. The Morgan fingerprint density at radius 1 is 1.21 bits per heavy atom. The molecule has 0 aromatic rings. The second-order valence-corrected chi connectivity index (χ2v) is 5.76. The van der Waals surface area contributed by atoms with Gasteiger partial charge in [-0.05, 0) is 36.5 Å². The second-order valence-electron chi connectivity index (χ2n) is 5.76. The zero-order valence-electron chi connectivity index (χ0n) is 10.6. The molecule has 14 heavy (non-hydrogen) atoms. The molecular weight excluding hydrogens is 168 g/mol. The van der Waals surface area contributed by atoms with Crippen molar-refractivity contribution in [3.05, 3.63) is 0 Å². The number of hydrogen-bond acceptors (Lipinski definition) is 0. The second kappa shape index (κ2) is 5.78. The Morgan fingerprint density at radius 3 is 2.43 bits per heavy atom. The van der Waals surface area contributed by atoms with Gasteiger partial charge in [-0.15, -0.1) is 0 Å². The molecule has 0 heteroatoms. The highest BCUT2D eigenvalue weighted by Gasteiger charge is 2.36. The smallest absolute Gasteiger partial charge is 0.0357 e. The Hall–Kier alpha value is 0. The first-order valence-electron chi connectivity index (χ1n) is 6.65. The molecule has 1 fully saturated rings. The van der Waals surface area contributed by atoms with Crippen molar-refractivity contribution >= 4 is 0 Å². The monoisotopic (exact) mass is 196 g/mol. The van der Waals surface area contributed by atoms with Crippen LogP contribution in [0.2, 0.25) is 0 Å². The zero-order chi connectivity index (χ0) is 10.6. The van der Waals surface area contributed by atoms with E-state index in [1.165, 1.54) is 38.5 Å². The summed E-state index contributed by atoms with van der Waals surface area (Å²) in [4.78, 5) is 0. The number of unbranched alkanes of at least 4 members (excludes halogenated alkanes) is 2. The van der Waals surface area contributed by atoms with Crippen LogP contribution in [-0.4, -0.2) is 0 Å². The van der Waals surface area contributed by atoms with Gasteiger partial charge in [0.25, 0.3) is 0 Å². The molecule has 3 atom stereocenters. The van der Waals surface area contributed by atoms with Crippen LogP contribution in [0.5, 0.6) is 0 Å². The molecular formula is C14H28. The molecule has 0 aliphatic heterocycles. The fraction of sp³-hybridized carbons (Fsp3) is 1.00.